The Kier molecular flexibility index (Phi) is 5.56. The van der Waals surface area contributed by atoms with E-state index in [2.05, 4.69) is 22.0 Å². The van der Waals surface area contributed by atoms with Gasteiger partial charge in [0.1, 0.15) is 4.90 Å². The summed E-state index contributed by atoms with van der Waals surface area (Å²) in [5.41, 5.74) is 2.17. The minimum Gasteiger partial charge on any atom is -0.347 e. The molecule has 1 aliphatic heterocycles. The molecule has 0 amide bonds. The van der Waals surface area contributed by atoms with Crippen LogP contribution in [0.4, 0.5) is 0 Å². The van der Waals surface area contributed by atoms with Crippen molar-refractivity contribution in [2.75, 3.05) is 32.7 Å². The maximum atomic E-state index is 13.7. The van der Waals surface area contributed by atoms with Gasteiger partial charge in [0.25, 0.3) is 5.89 Å². The Hall–Kier alpha value is -1.71. The fourth-order valence-electron chi connectivity index (χ4n) is 4.38. The Balaban J connectivity index is 1.74. The Morgan fingerprint density at radius 3 is 2.34 bits per heavy atom. The van der Waals surface area contributed by atoms with Gasteiger partial charge in [-0.15, -0.1) is 0 Å². The maximum Gasteiger partial charge on any atom is 0.261 e. The summed E-state index contributed by atoms with van der Waals surface area (Å²) in [4.78, 5) is 7.21. The van der Waals surface area contributed by atoms with Gasteiger partial charge in [0.2, 0.25) is 10.0 Å². The summed E-state index contributed by atoms with van der Waals surface area (Å²) in [6, 6.07) is 0. The molecule has 4 rings (SSSR count). The Bertz CT molecular complexity index is 982. The number of aromatic nitrogens is 3. The molecule has 160 valence electrons. The highest BCUT2D eigenvalue weighted by atomic mass is 32.2. The predicted molar refractivity (Wildman–Crippen MR) is 110 cm³/mol. The van der Waals surface area contributed by atoms with Gasteiger partial charge in [-0.3, -0.25) is 0 Å². The highest BCUT2D eigenvalue weighted by Gasteiger charge is 2.37. The molecular formula is C20H31N5O3S. The lowest BCUT2D eigenvalue weighted by Gasteiger charge is -2.33. The van der Waals surface area contributed by atoms with Gasteiger partial charge in [-0.05, 0) is 46.6 Å². The molecule has 2 aromatic heterocycles. The van der Waals surface area contributed by atoms with E-state index in [-0.39, 0.29) is 0 Å². The molecule has 29 heavy (non-hydrogen) atoms. The predicted octanol–water partition coefficient (Wildman–Crippen LogP) is 2.77. The van der Waals surface area contributed by atoms with Crippen LogP contribution in [0.2, 0.25) is 0 Å². The normalized spacial score (nSPS) is 19.2. The van der Waals surface area contributed by atoms with Crippen LogP contribution in [0.25, 0.3) is 11.5 Å². The van der Waals surface area contributed by atoms with Crippen molar-refractivity contribution in [2.45, 2.75) is 64.3 Å². The standard InChI is InChI=1S/C20H31N5O3S/c1-5-9-23-10-12-24(13-11-23)29(26,27)18-15(4)25(6-2)14(3)17(18)20-21-19(22-28-20)16-7-8-16/h16H,5-13H2,1-4H3. The van der Waals surface area contributed by atoms with Gasteiger partial charge in [0, 0.05) is 50.0 Å². The lowest BCUT2D eigenvalue weighted by atomic mass is 10.2. The zero-order valence-electron chi connectivity index (χ0n) is 17.8. The van der Waals surface area contributed by atoms with Crippen LogP contribution in [0, 0.1) is 13.8 Å². The molecule has 8 nitrogen and oxygen atoms in total. The quantitative estimate of drug-likeness (QED) is 0.683. The van der Waals surface area contributed by atoms with E-state index in [1.54, 1.807) is 4.31 Å². The van der Waals surface area contributed by atoms with E-state index in [4.69, 9.17) is 4.52 Å². The van der Waals surface area contributed by atoms with Crippen LogP contribution in [0.1, 0.15) is 56.2 Å². The maximum absolute atomic E-state index is 13.7. The lowest BCUT2D eigenvalue weighted by molar-refractivity contribution is 0.188. The number of rotatable bonds is 7. The van der Waals surface area contributed by atoms with Crippen molar-refractivity contribution in [3.8, 4) is 11.5 Å². The van der Waals surface area contributed by atoms with Crippen molar-refractivity contribution in [2.24, 2.45) is 0 Å². The second-order valence-corrected chi connectivity index (χ2v) is 9.97. The molecule has 0 radical (unpaired) electrons. The minimum atomic E-state index is -3.66. The van der Waals surface area contributed by atoms with Crippen molar-refractivity contribution in [3.63, 3.8) is 0 Å². The molecule has 2 aromatic rings. The molecule has 9 heteroatoms. The van der Waals surface area contributed by atoms with Gasteiger partial charge < -0.3 is 14.0 Å². The molecule has 0 N–H and O–H groups in total. The van der Waals surface area contributed by atoms with E-state index < -0.39 is 10.0 Å². The van der Waals surface area contributed by atoms with E-state index in [0.29, 0.717) is 47.7 Å². The van der Waals surface area contributed by atoms with Crippen molar-refractivity contribution in [1.29, 1.82) is 0 Å². The van der Waals surface area contributed by atoms with E-state index in [1.165, 1.54) is 0 Å². The number of hydrogen-bond donors (Lipinski definition) is 0. The fourth-order valence-corrected chi connectivity index (χ4v) is 6.26. The second kappa shape index (κ2) is 7.85. The molecule has 1 saturated heterocycles. The van der Waals surface area contributed by atoms with E-state index in [0.717, 1.165) is 50.3 Å². The number of nitrogens with zero attached hydrogens (tertiary/aromatic N) is 5. The summed E-state index contributed by atoms with van der Waals surface area (Å²) < 4.78 is 36.6. The molecule has 0 aromatic carbocycles. The molecule has 0 spiro atoms. The first kappa shape index (κ1) is 20.6. The summed E-state index contributed by atoms with van der Waals surface area (Å²) in [6.45, 7) is 12.2. The molecule has 1 aliphatic carbocycles. The molecule has 2 fully saturated rings. The number of piperazine rings is 1. The van der Waals surface area contributed by atoms with E-state index in [9.17, 15) is 8.42 Å². The van der Waals surface area contributed by atoms with Crippen molar-refractivity contribution in [3.05, 3.63) is 17.2 Å². The highest BCUT2D eigenvalue weighted by molar-refractivity contribution is 7.89. The first-order valence-electron chi connectivity index (χ1n) is 10.6. The summed E-state index contributed by atoms with van der Waals surface area (Å²) >= 11 is 0. The van der Waals surface area contributed by atoms with Crippen molar-refractivity contribution >= 4 is 10.0 Å². The first-order valence-corrected chi connectivity index (χ1v) is 12.1. The second-order valence-electron chi connectivity index (χ2n) is 8.10. The van der Waals surface area contributed by atoms with Crippen LogP contribution in [-0.4, -0.2) is 65.1 Å². The third-order valence-electron chi connectivity index (χ3n) is 6.11. The average molecular weight is 422 g/mol. The Labute approximate surface area is 172 Å². The molecule has 3 heterocycles. The highest BCUT2D eigenvalue weighted by Crippen LogP contribution is 2.41. The third-order valence-corrected chi connectivity index (χ3v) is 8.17. The zero-order chi connectivity index (χ0) is 20.8. The topological polar surface area (TPSA) is 84.5 Å². The van der Waals surface area contributed by atoms with E-state index in [1.807, 2.05) is 25.3 Å². The van der Waals surface area contributed by atoms with Gasteiger partial charge in [-0.2, -0.15) is 9.29 Å². The fraction of sp³-hybridized carbons (Fsp3) is 0.700. The smallest absolute Gasteiger partial charge is 0.261 e. The van der Waals surface area contributed by atoms with Gasteiger partial charge in [-0.25, -0.2) is 8.42 Å². The number of sulfonamides is 1. The first-order chi connectivity index (χ1) is 13.9. The number of hydrogen-bond acceptors (Lipinski definition) is 6. The van der Waals surface area contributed by atoms with Gasteiger partial charge >= 0.3 is 0 Å². The monoisotopic (exact) mass is 421 g/mol. The molecular weight excluding hydrogens is 390 g/mol. The summed E-state index contributed by atoms with van der Waals surface area (Å²) in [5, 5.41) is 4.12. The van der Waals surface area contributed by atoms with Crippen LogP contribution in [-0.2, 0) is 16.6 Å². The van der Waals surface area contributed by atoms with Crippen LogP contribution in [0.5, 0.6) is 0 Å². The molecule has 0 bridgehead atoms. The Morgan fingerprint density at radius 2 is 1.76 bits per heavy atom. The van der Waals surface area contributed by atoms with Crippen LogP contribution in [0.15, 0.2) is 9.42 Å². The van der Waals surface area contributed by atoms with Crippen molar-refractivity contribution in [1.82, 2.24) is 23.9 Å². The summed E-state index contributed by atoms with van der Waals surface area (Å²) in [5.74, 6) is 1.37. The largest absolute Gasteiger partial charge is 0.347 e. The summed E-state index contributed by atoms with van der Waals surface area (Å²) in [6.07, 6.45) is 3.22. The average Bonchev–Trinajstić information content (AvgIpc) is 3.37. The van der Waals surface area contributed by atoms with Gasteiger partial charge in [-0.1, -0.05) is 12.1 Å². The van der Waals surface area contributed by atoms with Crippen LogP contribution >= 0.6 is 0 Å². The third kappa shape index (κ3) is 3.64. The molecule has 2 aliphatic rings. The zero-order valence-corrected chi connectivity index (χ0v) is 18.6. The molecule has 1 saturated carbocycles. The molecule has 0 unspecified atom stereocenters. The summed E-state index contributed by atoms with van der Waals surface area (Å²) in [7, 11) is -3.66. The van der Waals surface area contributed by atoms with Gasteiger partial charge in [0.05, 0.1) is 5.56 Å². The van der Waals surface area contributed by atoms with Crippen molar-refractivity contribution < 1.29 is 12.9 Å². The minimum absolute atomic E-state index is 0.322. The SMILES string of the molecule is CCCN1CCN(S(=O)(=O)c2c(-c3nc(C4CC4)no3)c(C)n(CC)c2C)CC1. The van der Waals surface area contributed by atoms with Crippen LogP contribution in [0.3, 0.4) is 0 Å². The van der Waals surface area contributed by atoms with E-state index >= 15 is 0 Å². The van der Waals surface area contributed by atoms with Gasteiger partial charge in [0.15, 0.2) is 5.82 Å². The van der Waals surface area contributed by atoms with Crippen LogP contribution < -0.4 is 0 Å². The Morgan fingerprint density at radius 1 is 1.07 bits per heavy atom. The lowest BCUT2D eigenvalue weighted by Crippen LogP contribution is -2.48. The molecule has 0 atom stereocenters.